The molecule has 2 aliphatic rings. The molecule has 0 bridgehead atoms. The highest BCUT2D eigenvalue weighted by Crippen LogP contribution is 2.31. The average Bonchev–Trinajstić information content (AvgIpc) is 2.92. The van der Waals surface area contributed by atoms with Crippen molar-refractivity contribution in [2.24, 2.45) is 0 Å². The van der Waals surface area contributed by atoms with Gasteiger partial charge in [0.1, 0.15) is 12.4 Å². The summed E-state index contributed by atoms with van der Waals surface area (Å²) in [6.07, 6.45) is 1.97. The molecule has 1 aromatic rings. The van der Waals surface area contributed by atoms with E-state index in [0.29, 0.717) is 6.61 Å². The van der Waals surface area contributed by atoms with Gasteiger partial charge in [-0.05, 0) is 25.8 Å². The molecule has 1 saturated heterocycles. The number of carbonyl (C=O) groups excluding carboxylic acids is 1. The smallest absolute Gasteiger partial charge is 0.315 e. The molecular weight excluding hydrogens is 290 g/mol. The zero-order valence-corrected chi connectivity index (χ0v) is 13.7. The quantitative estimate of drug-likeness (QED) is 0.839. The number of para-hydroxylation sites is 1. The van der Waals surface area contributed by atoms with Crippen LogP contribution in [0, 0.1) is 0 Å². The Hall–Kier alpha value is -2.01. The molecule has 2 aliphatic heterocycles. The number of hydrogen-bond acceptors (Lipinski definition) is 3. The van der Waals surface area contributed by atoms with Crippen LogP contribution in [0.1, 0.15) is 31.4 Å². The molecule has 1 fully saturated rings. The SMILES string of the molecule is C=C(C)CN1CCC(NC(=O)NC2COc3ccccc32)CC1. The molecule has 1 unspecified atom stereocenters. The normalized spacial score (nSPS) is 21.3. The van der Waals surface area contributed by atoms with Crippen molar-refractivity contribution in [3.05, 3.63) is 42.0 Å². The van der Waals surface area contributed by atoms with E-state index in [2.05, 4.69) is 29.0 Å². The van der Waals surface area contributed by atoms with Crippen LogP contribution in [0.15, 0.2) is 36.4 Å². The number of rotatable bonds is 4. The van der Waals surface area contributed by atoms with Crippen molar-refractivity contribution in [2.75, 3.05) is 26.2 Å². The number of piperidine rings is 1. The predicted octanol–water partition coefficient (Wildman–Crippen LogP) is 2.46. The van der Waals surface area contributed by atoms with Gasteiger partial charge < -0.3 is 15.4 Å². The van der Waals surface area contributed by atoms with Crippen molar-refractivity contribution in [1.29, 1.82) is 0 Å². The Labute approximate surface area is 137 Å². The minimum Gasteiger partial charge on any atom is -0.491 e. The first-order chi connectivity index (χ1) is 11.1. The lowest BCUT2D eigenvalue weighted by atomic mass is 10.0. The molecule has 1 aromatic carbocycles. The molecule has 2 heterocycles. The Balaban J connectivity index is 1.45. The zero-order chi connectivity index (χ0) is 16.2. The molecule has 124 valence electrons. The lowest BCUT2D eigenvalue weighted by molar-refractivity contribution is 0.198. The van der Waals surface area contributed by atoms with E-state index in [4.69, 9.17) is 4.74 Å². The number of likely N-dealkylation sites (tertiary alicyclic amines) is 1. The van der Waals surface area contributed by atoms with Gasteiger partial charge in [-0.3, -0.25) is 4.90 Å². The summed E-state index contributed by atoms with van der Waals surface area (Å²) in [6, 6.07) is 7.94. The summed E-state index contributed by atoms with van der Waals surface area (Å²) in [5, 5.41) is 6.12. The third-order valence-corrected chi connectivity index (χ3v) is 4.42. The molecule has 5 nitrogen and oxygen atoms in total. The summed E-state index contributed by atoms with van der Waals surface area (Å²) in [7, 11) is 0. The number of urea groups is 1. The Morgan fingerprint density at radius 1 is 1.30 bits per heavy atom. The molecule has 3 rings (SSSR count). The highest BCUT2D eigenvalue weighted by Gasteiger charge is 2.26. The van der Waals surface area contributed by atoms with Crippen molar-refractivity contribution in [3.63, 3.8) is 0 Å². The van der Waals surface area contributed by atoms with Crippen LogP contribution in [0.25, 0.3) is 0 Å². The highest BCUT2D eigenvalue weighted by atomic mass is 16.5. The summed E-state index contributed by atoms with van der Waals surface area (Å²) in [4.78, 5) is 14.6. The second kappa shape index (κ2) is 7.04. The molecule has 0 aromatic heterocycles. The van der Waals surface area contributed by atoms with Crippen molar-refractivity contribution >= 4 is 6.03 Å². The largest absolute Gasteiger partial charge is 0.491 e. The molecule has 2 amide bonds. The number of benzene rings is 1. The number of nitrogens with one attached hydrogen (secondary N) is 2. The van der Waals surface area contributed by atoms with Gasteiger partial charge in [0, 0.05) is 31.2 Å². The number of ether oxygens (including phenoxy) is 1. The van der Waals surface area contributed by atoms with E-state index < -0.39 is 0 Å². The van der Waals surface area contributed by atoms with E-state index in [9.17, 15) is 4.79 Å². The van der Waals surface area contributed by atoms with E-state index in [1.165, 1.54) is 5.57 Å². The number of hydrogen-bond donors (Lipinski definition) is 2. The number of fused-ring (bicyclic) bond motifs is 1. The average molecular weight is 315 g/mol. The van der Waals surface area contributed by atoms with Gasteiger partial charge in [0.25, 0.3) is 0 Å². The van der Waals surface area contributed by atoms with E-state index in [1.54, 1.807) is 0 Å². The van der Waals surface area contributed by atoms with Gasteiger partial charge in [-0.2, -0.15) is 0 Å². The molecule has 0 spiro atoms. The van der Waals surface area contributed by atoms with Crippen LogP contribution in [0.5, 0.6) is 5.75 Å². The number of carbonyl (C=O) groups is 1. The van der Waals surface area contributed by atoms with Crippen molar-refractivity contribution in [1.82, 2.24) is 15.5 Å². The molecule has 5 heteroatoms. The topological polar surface area (TPSA) is 53.6 Å². The van der Waals surface area contributed by atoms with Gasteiger partial charge in [0.15, 0.2) is 0 Å². The molecule has 0 saturated carbocycles. The summed E-state index contributed by atoms with van der Waals surface area (Å²) in [5.41, 5.74) is 2.24. The highest BCUT2D eigenvalue weighted by molar-refractivity contribution is 5.75. The first kappa shape index (κ1) is 15.9. The minimum atomic E-state index is -0.103. The molecule has 0 aliphatic carbocycles. The van der Waals surface area contributed by atoms with Gasteiger partial charge in [-0.25, -0.2) is 4.79 Å². The summed E-state index contributed by atoms with van der Waals surface area (Å²) < 4.78 is 5.60. The van der Waals surface area contributed by atoms with E-state index in [0.717, 1.165) is 43.8 Å². The van der Waals surface area contributed by atoms with Gasteiger partial charge in [-0.15, -0.1) is 0 Å². The molecular formula is C18H25N3O2. The third kappa shape index (κ3) is 4.05. The minimum absolute atomic E-state index is 0.0605. The Kier molecular flexibility index (Phi) is 4.86. The van der Waals surface area contributed by atoms with Gasteiger partial charge in [0.05, 0.1) is 6.04 Å². The standard InChI is InChI=1S/C18H25N3O2/c1-13(2)11-21-9-7-14(8-10-21)19-18(22)20-16-12-23-17-6-4-3-5-15(16)17/h3-6,14,16H,1,7-12H2,2H3,(H2,19,20,22). The summed E-state index contributed by atoms with van der Waals surface area (Å²) in [5.74, 6) is 0.867. The number of amides is 2. The predicted molar refractivity (Wildman–Crippen MR) is 90.6 cm³/mol. The van der Waals surface area contributed by atoms with Crippen molar-refractivity contribution in [3.8, 4) is 5.75 Å². The molecule has 1 atom stereocenters. The molecule has 0 radical (unpaired) electrons. The van der Waals surface area contributed by atoms with Crippen LogP contribution in [0.3, 0.4) is 0 Å². The Morgan fingerprint density at radius 2 is 2.04 bits per heavy atom. The lowest BCUT2D eigenvalue weighted by Crippen LogP contribution is -2.48. The second-order valence-corrected chi connectivity index (χ2v) is 6.53. The van der Waals surface area contributed by atoms with Crippen LogP contribution in [-0.4, -0.2) is 43.2 Å². The summed E-state index contributed by atoms with van der Waals surface area (Å²) in [6.45, 7) is 9.49. The van der Waals surface area contributed by atoms with Crippen LogP contribution in [0.2, 0.25) is 0 Å². The van der Waals surface area contributed by atoms with Gasteiger partial charge in [0.2, 0.25) is 0 Å². The maximum Gasteiger partial charge on any atom is 0.315 e. The second-order valence-electron chi connectivity index (χ2n) is 6.53. The third-order valence-electron chi connectivity index (χ3n) is 4.42. The maximum atomic E-state index is 12.2. The van der Waals surface area contributed by atoms with E-state index >= 15 is 0 Å². The monoisotopic (exact) mass is 315 g/mol. The Morgan fingerprint density at radius 3 is 2.78 bits per heavy atom. The fourth-order valence-corrected chi connectivity index (χ4v) is 3.28. The summed E-state index contributed by atoms with van der Waals surface area (Å²) >= 11 is 0. The first-order valence-corrected chi connectivity index (χ1v) is 8.27. The van der Waals surface area contributed by atoms with Gasteiger partial charge in [-0.1, -0.05) is 30.4 Å². The van der Waals surface area contributed by atoms with Crippen LogP contribution in [0.4, 0.5) is 4.79 Å². The van der Waals surface area contributed by atoms with Crippen LogP contribution >= 0.6 is 0 Å². The maximum absolute atomic E-state index is 12.2. The zero-order valence-electron chi connectivity index (χ0n) is 13.7. The lowest BCUT2D eigenvalue weighted by Gasteiger charge is -2.32. The number of nitrogens with zero attached hydrogens (tertiary/aromatic N) is 1. The van der Waals surface area contributed by atoms with Crippen molar-refractivity contribution < 1.29 is 9.53 Å². The fraction of sp³-hybridized carbons (Fsp3) is 0.500. The Bertz CT molecular complexity index is 579. The molecule has 23 heavy (non-hydrogen) atoms. The van der Waals surface area contributed by atoms with E-state index in [-0.39, 0.29) is 18.1 Å². The van der Waals surface area contributed by atoms with Gasteiger partial charge >= 0.3 is 6.03 Å². The fourth-order valence-electron chi connectivity index (χ4n) is 3.28. The van der Waals surface area contributed by atoms with Crippen LogP contribution < -0.4 is 15.4 Å². The van der Waals surface area contributed by atoms with Crippen LogP contribution in [-0.2, 0) is 0 Å². The van der Waals surface area contributed by atoms with E-state index in [1.807, 2.05) is 24.3 Å². The van der Waals surface area contributed by atoms with Crippen molar-refractivity contribution in [2.45, 2.75) is 31.8 Å². The molecule has 2 N–H and O–H groups in total. The first-order valence-electron chi connectivity index (χ1n) is 8.27.